The molecule has 0 atom stereocenters. The number of aromatic nitrogens is 2. The van der Waals surface area contributed by atoms with Crippen LogP contribution in [0.2, 0.25) is 0 Å². The number of carbonyl (C=O) groups excluding carboxylic acids is 1. The van der Waals surface area contributed by atoms with Crippen LogP contribution in [0.4, 0.5) is 5.69 Å². The topological polar surface area (TPSA) is 72.9 Å². The molecular formula is C9H16N4O. The molecule has 0 fully saturated rings. The van der Waals surface area contributed by atoms with Gasteiger partial charge in [0.05, 0.1) is 17.6 Å². The van der Waals surface area contributed by atoms with Crippen LogP contribution in [0.3, 0.4) is 0 Å². The van der Waals surface area contributed by atoms with Crippen molar-refractivity contribution in [1.29, 1.82) is 0 Å². The normalized spacial score (nSPS) is 10.2. The number of nitrogens with one attached hydrogen (secondary N) is 1. The van der Waals surface area contributed by atoms with E-state index in [1.165, 1.54) is 0 Å². The number of aryl methyl sites for hydroxylation is 1. The van der Waals surface area contributed by atoms with E-state index in [4.69, 9.17) is 5.73 Å². The van der Waals surface area contributed by atoms with Crippen LogP contribution in [0, 0.1) is 6.92 Å². The third-order valence-electron chi connectivity index (χ3n) is 2.12. The zero-order chi connectivity index (χ0) is 10.6. The minimum atomic E-state index is -0.00782. The van der Waals surface area contributed by atoms with Gasteiger partial charge in [0.15, 0.2) is 0 Å². The third-order valence-corrected chi connectivity index (χ3v) is 2.12. The van der Waals surface area contributed by atoms with E-state index >= 15 is 0 Å². The fourth-order valence-corrected chi connectivity index (χ4v) is 1.10. The predicted molar refractivity (Wildman–Crippen MR) is 54.9 cm³/mol. The summed E-state index contributed by atoms with van der Waals surface area (Å²) in [5, 5.41) is 6.81. The molecule has 1 aromatic rings. The van der Waals surface area contributed by atoms with Crippen molar-refractivity contribution < 1.29 is 4.79 Å². The van der Waals surface area contributed by atoms with Gasteiger partial charge in [-0.2, -0.15) is 5.10 Å². The van der Waals surface area contributed by atoms with E-state index in [-0.39, 0.29) is 5.91 Å². The number of amides is 1. The van der Waals surface area contributed by atoms with Gasteiger partial charge in [-0.1, -0.05) is 0 Å². The summed E-state index contributed by atoms with van der Waals surface area (Å²) in [6.07, 6.45) is 2.83. The molecule has 14 heavy (non-hydrogen) atoms. The number of nitrogens with two attached hydrogens (primary N) is 1. The number of nitrogens with zero attached hydrogens (tertiary/aromatic N) is 2. The zero-order valence-corrected chi connectivity index (χ0v) is 8.58. The van der Waals surface area contributed by atoms with E-state index in [0.717, 1.165) is 11.4 Å². The average Bonchev–Trinajstić information content (AvgIpc) is 2.46. The van der Waals surface area contributed by atoms with Gasteiger partial charge in [0, 0.05) is 13.5 Å². The first-order valence-electron chi connectivity index (χ1n) is 4.63. The fraction of sp³-hybridized carbons (Fsp3) is 0.556. The zero-order valence-electron chi connectivity index (χ0n) is 8.58. The van der Waals surface area contributed by atoms with Crippen LogP contribution in [0.25, 0.3) is 0 Å². The molecule has 0 aliphatic heterocycles. The van der Waals surface area contributed by atoms with Gasteiger partial charge < -0.3 is 11.1 Å². The molecule has 1 amide bonds. The van der Waals surface area contributed by atoms with Crippen molar-refractivity contribution in [2.75, 3.05) is 11.9 Å². The van der Waals surface area contributed by atoms with Crippen molar-refractivity contribution in [1.82, 2.24) is 9.78 Å². The molecule has 0 aliphatic rings. The lowest BCUT2D eigenvalue weighted by Crippen LogP contribution is -2.13. The molecule has 1 heterocycles. The van der Waals surface area contributed by atoms with Crippen molar-refractivity contribution in [3.8, 4) is 0 Å². The SMILES string of the molecule is Cc1c(NC(=O)CCCN)cnn1C. The molecule has 5 heteroatoms. The Morgan fingerprint density at radius 1 is 1.71 bits per heavy atom. The van der Waals surface area contributed by atoms with Gasteiger partial charge >= 0.3 is 0 Å². The van der Waals surface area contributed by atoms with Crippen molar-refractivity contribution in [2.45, 2.75) is 19.8 Å². The number of anilines is 1. The molecule has 0 bridgehead atoms. The molecule has 3 N–H and O–H groups in total. The summed E-state index contributed by atoms with van der Waals surface area (Å²) in [4.78, 5) is 11.3. The number of hydrogen-bond acceptors (Lipinski definition) is 3. The van der Waals surface area contributed by atoms with E-state index in [0.29, 0.717) is 19.4 Å². The van der Waals surface area contributed by atoms with Crippen LogP contribution in [-0.2, 0) is 11.8 Å². The summed E-state index contributed by atoms with van der Waals surface area (Å²) in [6, 6.07) is 0. The van der Waals surface area contributed by atoms with Gasteiger partial charge in [-0.05, 0) is 19.9 Å². The molecule has 0 saturated heterocycles. The van der Waals surface area contributed by atoms with E-state index < -0.39 is 0 Å². The molecule has 0 unspecified atom stereocenters. The maximum absolute atomic E-state index is 11.3. The maximum Gasteiger partial charge on any atom is 0.224 e. The monoisotopic (exact) mass is 196 g/mol. The summed E-state index contributed by atoms with van der Waals surface area (Å²) in [5.41, 5.74) is 7.03. The quantitative estimate of drug-likeness (QED) is 0.732. The Bertz CT molecular complexity index is 319. The standard InChI is InChI=1S/C9H16N4O/c1-7-8(6-11-13(7)2)12-9(14)4-3-5-10/h6H,3-5,10H2,1-2H3,(H,12,14). The van der Waals surface area contributed by atoms with Crippen LogP contribution in [-0.4, -0.2) is 22.2 Å². The first kappa shape index (κ1) is 10.7. The molecule has 0 saturated carbocycles. The van der Waals surface area contributed by atoms with Gasteiger partial charge in [0.2, 0.25) is 5.91 Å². The summed E-state index contributed by atoms with van der Waals surface area (Å²) in [7, 11) is 1.84. The van der Waals surface area contributed by atoms with E-state index in [2.05, 4.69) is 10.4 Å². The van der Waals surface area contributed by atoms with E-state index in [1.54, 1.807) is 10.9 Å². The van der Waals surface area contributed by atoms with E-state index in [1.807, 2.05) is 14.0 Å². The summed E-state index contributed by atoms with van der Waals surface area (Å²) in [6.45, 7) is 2.45. The lowest BCUT2D eigenvalue weighted by Gasteiger charge is -2.03. The highest BCUT2D eigenvalue weighted by Gasteiger charge is 2.06. The highest BCUT2D eigenvalue weighted by Crippen LogP contribution is 2.12. The maximum atomic E-state index is 11.3. The molecule has 1 rings (SSSR count). The Hall–Kier alpha value is -1.36. The largest absolute Gasteiger partial charge is 0.330 e. The molecule has 1 aromatic heterocycles. The Balaban J connectivity index is 2.52. The van der Waals surface area contributed by atoms with Gasteiger partial charge in [-0.25, -0.2) is 0 Å². The predicted octanol–water partition coefficient (Wildman–Crippen LogP) is 0.406. The fourth-order valence-electron chi connectivity index (χ4n) is 1.10. The van der Waals surface area contributed by atoms with E-state index in [9.17, 15) is 4.79 Å². The Morgan fingerprint density at radius 2 is 2.43 bits per heavy atom. The Morgan fingerprint density at radius 3 is 2.93 bits per heavy atom. The number of carbonyl (C=O) groups is 1. The molecular weight excluding hydrogens is 180 g/mol. The van der Waals surface area contributed by atoms with Crippen LogP contribution in [0.1, 0.15) is 18.5 Å². The van der Waals surface area contributed by atoms with Crippen molar-refractivity contribution >= 4 is 11.6 Å². The van der Waals surface area contributed by atoms with Crippen LogP contribution >= 0.6 is 0 Å². The molecule has 0 radical (unpaired) electrons. The average molecular weight is 196 g/mol. The van der Waals surface area contributed by atoms with Crippen LogP contribution in [0.5, 0.6) is 0 Å². The summed E-state index contributed by atoms with van der Waals surface area (Å²) < 4.78 is 1.72. The molecule has 0 spiro atoms. The minimum absolute atomic E-state index is 0.00782. The highest BCUT2D eigenvalue weighted by atomic mass is 16.1. The van der Waals surface area contributed by atoms with Crippen molar-refractivity contribution in [3.63, 3.8) is 0 Å². The van der Waals surface area contributed by atoms with Crippen molar-refractivity contribution in [3.05, 3.63) is 11.9 Å². The Kier molecular flexibility index (Phi) is 3.64. The smallest absolute Gasteiger partial charge is 0.224 e. The van der Waals surface area contributed by atoms with Crippen LogP contribution < -0.4 is 11.1 Å². The lowest BCUT2D eigenvalue weighted by atomic mass is 10.3. The third kappa shape index (κ3) is 2.56. The molecule has 0 aromatic carbocycles. The second-order valence-corrected chi connectivity index (χ2v) is 3.21. The number of hydrogen-bond donors (Lipinski definition) is 2. The van der Waals surface area contributed by atoms with Crippen LogP contribution in [0.15, 0.2) is 6.20 Å². The minimum Gasteiger partial charge on any atom is -0.330 e. The second kappa shape index (κ2) is 4.76. The summed E-state index contributed by atoms with van der Waals surface area (Å²) in [5.74, 6) is -0.00782. The molecule has 5 nitrogen and oxygen atoms in total. The number of rotatable bonds is 4. The van der Waals surface area contributed by atoms with Crippen molar-refractivity contribution in [2.24, 2.45) is 12.8 Å². The first-order valence-corrected chi connectivity index (χ1v) is 4.63. The molecule has 0 aliphatic carbocycles. The highest BCUT2D eigenvalue weighted by molar-refractivity contribution is 5.91. The Labute approximate surface area is 83.3 Å². The molecule has 78 valence electrons. The lowest BCUT2D eigenvalue weighted by molar-refractivity contribution is -0.116. The van der Waals surface area contributed by atoms with Gasteiger partial charge in [0.1, 0.15) is 0 Å². The first-order chi connectivity index (χ1) is 6.65. The van der Waals surface area contributed by atoms with Gasteiger partial charge in [0.25, 0.3) is 0 Å². The van der Waals surface area contributed by atoms with Gasteiger partial charge in [-0.15, -0.1) is 0 Å². The summed E-state index contributed by atoms with van der Waals surface area (Å²) >= 11 is 0. The van der Waals surface area contributed by atoms with Gasteiger partial charge in [-0.3, -0.25) is 9.48 Å². The second-order valence-electron chi connectivity index (χ2n) is 3.21.